The van der Waals surface area contributed by atoms with Gasteiger partial charge in [-0.1, -0.05) is 18.2 Å². The molecule has 25 heavy (non-hydrogen) atoms. The fraction of sp³-hybridized carbons (Fsp3) is 0.412. The van der Waals surface area contributed by atoms with Crippen LogP contribution in [0.5, 0.6) is 0 Å². The summed E-state index contributed by atoms with van der Waals surface area (Å²) in [5.74, 6) is 2.22. The van der Waals surface area contributed by atoms with Crippen molar-refractivity contribution in [2.45, 2.75) is 24.1 Å². The van der Waals surface area contributed by atoms with Crippen molar-refractivity contribution in [1.29, 1.82) is 0 Å². The zero-order chi connectivity index (χ0) is 17.4. The maximum atomic E-state index is 14.4. The molecule has 2 aliphatic rings. The highest BCUT2D eigenvalue weighted by Gasteiger charge is 2.33. The van der Waals surface area contributed by atoms with E-state index in [-0.39, 0.29) is 29.1 Å². The second-order valence-electron chi connectivity index (χ2n) is 6.18. The van der Waals surface area contributed by atoms with Gasteiger partial charge < -0.3 is 5.32 Å². The Hall–Kier alpha value is -1.67. The van der Waals surface area contributed by atoms with Crippen molar-refractivity contribution < 1.29 is 9.18 Å². The van der Waals surface area contributed by atoms with Gasteiger partial charge in [0.2, 0.25) is 5.91 Å². The molecule has 4 rings (SSSR count). The summed E-state index contributed by atoms with van der Waals surface area (Å²) in [4.78, 5) is 24.9. The summed E-state index contributed by atoms with van der Waals surface area (Å²) >= 11 is 3.18. The largest absolute Gasteiger partial charge is 0.310 e. The molecule has 1 aromatic carbocycles. The fourth-order valence-corrected chi connectivity index (χ4v) is 5.62. The number of rotatable bonds is 2. The first-order valence-corrected chi connectivity index (χ1v) is 10.4. The van der Waals surface area contributed by atoms with E-state index in [9.17, 15) is 14.0 Å². The molecule has 2 aliphatic heterocycles. The lowest BCUT2D eigenvalue weighted by molar-refractivity contribution is -0.113. The number of thioether (sulfide) groups is 2. The molecule has 0 saturated carbocycles. The molecule has 0 radical (unpaired) electrons. The number of amides is 1. The summed E-state index contributed by atoms with van der Waals surface area (Å²) in [5.41, 5.74) is 0.628. The Labute approximate surface area is 152 Å². The quantitative estimate of drug-likeness (QED) is 0.841. The van der Waals surface area contributed by atoms with Gasteiger partial charge in [0.25, 0.3) is 5.56 Å². The van der Waals surface area contributed by atoms with E-state index in [2.05, 4.69) is 10.4 Å². The number of fused-ring (bicyclic) bond motifs is 1. The third kappa shape index (κ3) is 3.13. The molecular formula is C17H18FN3O2S2. The predicted octanol–water partition coefficient (Wildman–Crippen LogP) is 3.16. The fourth-order valence-electron chi connectivity index (χ4n) is 3.39. The zero-order valence-electron chi connectivity index (χ0n) is 13.5. The minimum atomic E-state index is -0.502. The van der Waals surface area contributed by atoms with Gasteiger partial charge in [-0.25, -0.2) is 4.39 Å². The molecular weight excluding hydrogens is 361 g/mol. The van der Waals surface area contributed by atoms with Gasteiger partial charge in [0, 0.05) is 5.56 Å². The molecule has 1 saturated heterocycles. The van der Waals surface area contributed by atoms with Crippen LogP contribution in [0.25, 0.3) is 0 Å². The maximum absolute atomic E-state index is 14.4. The standard InChI is InChI=1S/C17H18FN3O2S2/c18-12-4-2-1-3-11(12)15-14-16(19-13(22)9-25-15)21(20-17(14)23)10-5-7-24-8-6-10/h1-4,10,15H,5-9H2,(H,19,22)(H,20,23)/t15-/m1/s1. The lowest BCUT2D eigenvalue weighted by Crippen LogP contribution is -2.22. The minimum Gasteiger partial charge on any atom is -0.310 e. The van der Waals surface area contributed by atoms with Crippen LogP contribution in [-0.2, 0) is 4.79 Å². The second-order valence-corrected chi connectivity index (χ2v) is 8.50. The van der Waals surface area contributed by atoms with Crippen LogP contribution >= 0.6 is 23.5 Å². The number of hydrogen-bond acceptors (Lipinski definition) is 4. The maximum Gasteiger partial charge on any atom is 0.270 e. The Balaban J connectivity index is 1.84. The first-order chi connectivity index (χ1) is 12.1. The summed E-state index contributed by atoms with van der Waals surface area (Å²) in [6, 6.07) is 6.60. The van der Waals surface area contributed by atoms with Gasteiger partial charge in [0.15, 0.2) is 0 Å². The minimum absolute atomic E-state index is 0.155. The van der Waals surface area contributed by atoms with Crippen LogP contribution in [0.2, 0.25) is 0 Å². The normalized spacial score (nSPS) is 21.5. The third-order valence-corrected chi connectivity index (χ3v) is 6.91. The Morgan fingerprint density at radius 2 is 1.92 bits per heavy atom. The topological polar surface area (TPSA) is 66.9 Å². The summed E-state index contributed by atoms with van der Waals surface area (Å²) < 4.78 is 16.2. The lowest BCUT2D eigenvalue weighted by Gasteiger charge is -2.24. The van der Waals surface area contributed by atoms with Gasteiger partial charge in [0.05, 0.1) is 22.6 Å². The second kappa shape index (κ2) is 6.92. The van der Waals surface area contributed by atoms with Crippen molar-refractivity contribution in [3.05, 3.63) is 51.6 Å². The average Bonchev–Trinajstić information content (AvgIpc) is 2.83. The number of H-pyrrole nitrogens is 1. The van der Waals surface area contributed by atoms with E-state index in [1.807, 2.05) is 11.8 Å². The van der Waals surface area contributed by atoms with E-state index in [1.165, 1.54) is 17.8 Å². The van der Waals surface area contributed by atoms with Gasteiger partial charge in [-0.15, -0.1) is 11.8 Å². The van der Waals surface area contributed by atoms with Crippen LogP contribution in [0.4, 0.5) is 10.2 Å². The molecule has 2 aromatic rings. The highest BCUT2D eigenvalue weighted by Crippen LogP contribution is 2.42. The number of hydrogen-bond donors (Lipinski definition) is 2. The molecule has 0 unspecified atom stereocenters. The van der Waals surface area contributed by atoms with Crippen LogP contribution in [-0.4, -0.2) is 32.9 Å². The van der Waals surface area contributed by atoms with Crippen LogP contribution in [0.1, 0.15) is 35.3 Å². The summed E-state index contributed by atoms with van der Waals surface area (Å²) in [6.45, 7) is 0. The number of nitrogens with one attached hydrogen (secondary N) is 2. The molecule has 3 heterocycles. The molecule has 1 atom stereocenters. The first-order valence-electron chi connectivity index (χ1n) is 8.23. The molecule has 132 valence electrons. The third-order valence-electron chi connectivity index (χ3n) is 4.61. The molecule has 1 aromatic heterocycles. The highest BCUT2D eigenvalue weighted by molar-refractivity contribution is 8.00. The van der Waals surface area contributed by atoms with E-state index in [0.29, 0.717) is 16.9 Å². The van der Waals surface area contributed by atoms with E-state index in [1.54, 1.807) is 22.9 Å². The zero-order valence-corrected chi connectivity index (χ0v) is 15.1. The number of carbonyl (C=O) groups is 1. The molecule has 0 spiro atoms. The first kappa shape index (κ1) is 16.8. The van der Waals surface area contributed by atoms with E-state index >= 15 is 0 Å². The van der Waals surface area contributed by atoms with Crippen LogP contribution in [0, 0.1) is 5.82 Å². The Morgan fingerprint density at radius 3 is 2.68 bits per heavy atom. The summed E-state index contributed by atoms with van der Waals surface area (Å²) in [7, 11) is 0. The Morgan fingerprint density at radius 1 is 1.16 bits per heavy atom. The molecule has 0 aliphatic carbocycles. The lowest BCUT2D eigenvalue weighted by atomic mass is 10.1. The summed E-state index contributed by atoms with van der Waals surface area (Å²) in [6.07, 6.45) is 1.88. The van der Waals surface area contributed by atoms with Crippen molar-refractivity contribution >= 4 is 35.2 Å². The molecule has 2 N–H and O–H groups in total. The monoisotopic (exact) mass is 379 g/mol. The van der Waals surface area contributed by atoms with Crippen molar-refractivity contribution in [3.8, 4) is 0 Å². The van der Waals surface area contributed by atoms with E-state index in [0.717, 1.165) is 24.3 Å². The van der Waals surface area contributed by atoms with Gasteiger partial charge in [-0.2, -0.15) is 11.8 Å². The highest BCUT2D eigenvalue weighted by atomic mass is 32.2. The van der Waals surface area contributed by atoms with Gasteiger partial charge in [0.1, 0.15) is 11.6 Å². The van der Waals surface area contributed by atoms with Crippen LogP contribution < -0.4 is 10.9 Å². The number of nitrogens with zero attached hydrogens (tertiary/aromatic N) is 1. The van der Waals surface area contributed by atoms with E-state index in [4.69, 9.17) is 0 Å². The number of anilines is 1. The van der Waals surface area contributed by atoms with Crippen molar-refractivity contribution in [2.75, 3.05) is 22.6 Å². The molecule has 0 bridgehead atoms. The number of carbonyl (C=O) groups excluding carboxylic acids is 1. The van der Waals surface area contributed by atoms with Crippen molar-refractivity contribution in [3.63, 3.8) is 0 Å². The Kier molecular flexibility index (Phi) is 4.64. The number of benzene rings is 1. The number of aromatic nitrogens is 2. The molecule has 1 fully saturated rings. The predicted molar refractivity (Wildman–Crippen MR) is 100.0 cm³/mol. The molecule has 1 amide bonds. The van der Waals surface area contributed by atoms with Gasteiger partial charge >= 0.3 is 0 Å². The Bertz CT molecular complexity index is 858. The van der Waals surface area contributed by atoms with Crippen molar-refractivity contribution in [2.24, 2.45) is 0 Å². The molecule has 5 nitrogen and oxygen atoms in total. The summed E-state index contributed by atoms with van der Waals surface area (Å²) in [5, 5.41) is 5.26. The number of halogens is 1. The van der Waals surface area contributed by atoms with Gasteiger partial charge in [-0.3, -0.25) is 19.4 Å². The van der Waals surface area contributed by atoms with Crippen LogP contribution in [0.3, 0.4) is 0 Å². The van der Waals surface area contributed by atoms with Crippen LogP contribution in [0.15, 0.2) is 29.1 Å². The van der Waals surface area contributed by atoms with E-state index < -0.39 is 5.25 Å². The van der Waals surface area contributed by atoms with Gasteiger partial charge in [-0.05, 0) is 30.4 Å². The average molecular weight is 379 g/mol. The number of aromatic amines is 1. The SMILES string of the molecule is O=C1CS[C@H](c2ccccc2F)c2c(n(C3CCSCC3)[nH]c2=O)N1. The van der Waals surface area contributed by atoms with Crippen molar-refractivity contribution in [1.82, 2.24) is 9.78 Å². The smallest absolute Gasteiger partial charge is 0.270 e. The molecule has 8 heteroatoms.